The first-order valence-electron chi connectivity index (χ1n) is 9.55. The molecule has 0 aliphatic carbocycles. The van der Waals surface area contributed by atoms with Crippen molar-refractivity contribution in [2.45, 2.75) is 22.9 Å². The van der Waals surface area contributed by atoms with Gasteiger partial charge in [0.1, 0.15) is 0 Å². The van der Waals surface area contributed by atoms with Crippen molar-refractivity contribution in [3.05, 3.63) is 52.2 Å². The topological polar surface area (TPSA) is 104 Å². The molecular weight excluding hydrogens is 454 g/mol. The van der Waals surface area contributed by atoms with Crippen molar-refractivity contribution in [3.8, 4) is 0 Å². The molecule has 2 N–H and O–H groups in total. The molecule has 11 heteroatoms. The van der Waals surface area contributed by atoms with Gasteiger partial charge in [0.25, 0.3) is 5.91 Å². The fraction of sp³-hybridized carbons (Fsp3) is 0.250. The number of carbonyl (C=O) groups excluding carboxylic acids is 3. The van der Waals surface area contributed by atoms with Gasteiger partial charge < -0.3 is 10.2 Å². The van der Waals surface area contributed by atoms with Gasteiger partial charge in [0.2, 0.25) is 16.9 Å². The van der Waals surface area contributed by atoms with E-state index in [-0.39, 0.29) is 24.3 Å². The summed E-state index contributed by atoms with van der Waals surface area (Å²) in [7, 11) is 0. The van der Waals surface area contributed by atoms with E-state index in [0.29, 0.717) is 23.7 Å². The monoisotopic (exact) mass is 473 g/mol. The predicted molar refractivity (Wildman–Crippen MR) is 123 cm³/mol. The van der Waals surface area contributed by atoms with E-state index in [9.17, 15) is 14.4 Å². The summed E-state index contributed by atoms with van der Waals surface area (Å²) in [6.07, 6.45) is 1.40. The zero-order chi connectivity index (χ0) is 21.6. The highest BCUT2D eigenvalue weighted by atomic mass is 32.2. The Hall–Kier alpha value is -2.76. The number of thioether (sulfide) groups is 1. The number of hydrogen-bond acceptors (Lipinski definition) is 8. The van der Waals surface area contributed by atoms with E-state index in [2.05, 4.69) is 26.9 Å². The molecule has 0 bridgehead atoms. The summed E-state index contributed by atoms with van der Waals surface area (Å²) in [4.78, 5) is 39.2. The maximum Gasteiger partial charge on any atom is 0.251 e. The first-order valence-corrected chi connectivity index (χ1v) is 12.2. The van der Waals surface area contributed by atoms with Crippen LogP contribution in [0.2, 0.25) is 0 Å². The summed E-state index contributed by atoms with van der Waals surface area (Å²) in [5.74, 6) is 0.164. The van der Waals surface area contributed by atoms with E-state index in [4.69, 9.17) is 0 Å². The SMILES string of the molecule is O=C(CNC(=O)c1ccc(N2CCCC2=O)cc1)Nc1nnc(SCc2cccs2)s1. The predicted octanol–water partition coefficient (Wildman–Crippen LogP) is 3.39. The van der Waals surface area contributed by atoms with Gasteiger partial charge in [-0.2, -0.15) is 0 Å². The largest absolute Gasteiger partial charge is 0.343 e. The Morgan fingerprint density at radius 2 is 2.00 bits per heavy atom. The van der Waals surface area contributed by atoms with Crippen molar-refractivity contribution in [1.82, 2.24) is 15.5 Å². The molecule has 1 aliphatic heterocycles. The van der Waals surface area contributed by atoms with Gasteiger partial charge in [0.05, 0.1) is 6.54 Å². The van der Waals surface area contributed by atoms with Crippen LogP contribution < -0.4 is 15.5 Å². The Morgan fingerprint density at radius 3 is 2.71 bits per heavy atom. The Bertz CT molecular complexity index is 1070. The quantitative estimate of drug-likeness (QED) is 0.384. The van der Waals surface area contributed by atoms with Crippen molar-refractivity contribution in [3.63, 3.8) is 0 Å². The number of aromatic nitrogens is 2. The zero-order valence-electron chi connectivity index (χ0n) is 16.4. The average molecular weight is 474 g/mol. The van der Waals surface area contributed by atoms with E-state index < -0.39 is 0 Å². The lowest BCUT2D eigenvalue weighted by atomic mass is 10.2. The Kier molecular flexibility index (Phi) is 6.95. The van der Waals surface area contributed by atoms with Crippen LogP contribution in [0.15, 0.2) is 46.1 Å². The molecule has 1 aromatic carbocycles. The van der Waals surface area contributed by atoms with Crippen molar-refractivity contribution < 1.29 is 14.4 Å². The number of benzene rings is 1. The Labute approximate surface area is 191 Å². The van der Waals surface area contributed by atoms with Gasteiger partial charge in [-0.3, -0.25) is 19.7 Å². The minimum atomic E-state index is -0.376. The number of carbonyl (C=O) groups is 3. The fourth-order valence-corrected chi connectivity index (χ4v) is 5.53. The lowest BCUT2D eigenvalue weighted by molar-refractivity contribution is -0.117. The third kappa shape index (κ3) is 5.69. The van der Waals surface area contributed by atoms with Crippen LogP contribution in [0.4, 0.5) is 10.8 Å². The van der Waals surface area contributed by atoms with Gasteiger partial charge in [-0.1, -0.05) is 29.2 Å². The second kappa shape index (κ2) is 10.0. The molecule has 3 aromatic rings. The number of nitrogens with zero attached hydrogens (tertiary/aromatic N) is 3. The van der Waals surface area contributed by atoms with Crippen molar-refractivity contribution in [2.24, 2.45) is 0 Å². The van der Waals surface area contributed by atoms with Gasteiger partial charge >= 0.3 is 0 Å². The van der Waals surface area contributed by atoms with Crippen LogP contribution in [0.5, 0.6) is 0 Å². The molecular formula is C20H19N5O3S3. The normalized spacial score (nSPS) is 13.4. The molecule has 0 saturated carbocycles. The third-order valence-corrected chi connectivity index (χ3v) is 7.57. The third-order valence-electron chi connectivity index (χ3n) is 4.49. The van der Waals surface area contributed by atoms with E-state index in [0.717, 1.165) is 22.2 Å². The summed E-state index contributed by atoms with van der Waals surface area (Å²) in [6.45, 7) is 0.521. The molecule has 3 amide bonds. The van der Waals surface area contributed by atoms with Crippen LogP contribution in [0, 0.1) is 0 Å². The molecule has 160 valence electrons. The average Bonchev–Trinajstić information content (AvgIpc) is 3.53. The molecule has 0 unspecified atom stereocenters. The summed E-state index contributed by atoms with van der Waals surface area (Å²) in [5.41, 5.74) is 1.20. The number of anilines is 2. The molecule has 0 atom stereocenters. The summed E-state index contributed by atoms with van der Waals surface area (Å²) in [6, 6.07) is 10.8. The molecule has 1 aliphatic rings. The van der Waals surface area contributed by atoms with Crippen LogP contribution in [-0.4, -0.2) is 41.0 Å². The Morgan fingerprint density at radius 1 is 1.16 bits per heavy atom. The highest BCUT2D eigenvalue weighted by Crippen LogP contribution is 2.29. The second-order valence-electron chi connectivity index (χ2n) is 6.67. The van der Waals surface area contributed by atoms with E-state index in [1.807, 2.05) is 11.4 Å². The first kappa shape index (κ1) is 21.5. The number of nitrogens with one attached hydrogen (secondary N) is 2. The Balaban J connectivity index is 1.23. The van der Waals surface area contributed by atoms with E-state index in [1.165, 1.54) is 16.2 Å². The van der Waals surface area contributed by atoms with Crippen LogP contribution >= 0.6 is 34.4 Å². The van der Waals surface area contributed by atoms with Gasteiger partial charge in [0.15, 0.2) is 4.34 Å². The van der Waals surface area contributed by atoms with Gasteiger partial charge in [-0.05, 0) is 42.1 Å². The van der Waals surface area contributed by atoms with Gasteiger partial charge in [0, 0.05) is 34.8 Å². The molecule has 0 radical (unpaired) electrons. The van der Waals surface area contributed by atoms with Crippen molar-refractivity contribution in [2.75, 3.05) is 23.3 Å². The molecule has 2 aromatic heterocycles. The highest BCUT2D eigenvalue weighted by Gasteiger charge is 2.21. The smallest absolute Gasteiger partial charge is 0.251 e. The standard InChI is InChI=1S/C20H19N5O3S3/c26-16(22-19-23-24-20(31-19)30-12-15-3-2-10-29-15)11-21-18(28)13-5-7-14(8-6-13)25-9-1-4-17(25)27/h2-3,5-8,10H,1,4,9,11-12H2,(H,21,28)(H,22,23,26). The van der Waals surface area contributed by atoms with Crippen LogP contribution in [0.1, 0.15) is 28.1 Å². The van der Waals surface area contributed by atoms with Crippen molar-refractivity contribution >= 4 is 63.0 Å². The van der Waals surface area contributed by atoms with Gasteiger partial charge in [-0.25, -0.2) is 0 Å². The van der Waals surface area contributed by atoms with Crippen molar-refractivity contribution in [1.29, 1.82) is 0 Å². The molecule has 1 fully saturated rings. The maximum absolute atomic E-state index is 12.3. The minimum Gasteiger partial charge on any atom is -0.343 e. The van der Waals surface area contributed by atoms with Crippen LogP contribution in [-0.2, 0) is 15.3 Å². The molecule has 1 saturated heterocycles. The zero-order valence-corrected chi connectivity index (χ0v) is 18.8. The molecule has 0 spiro atoms. The number of amides is 3. The van der Waals surface area contributed by atoms with E-state index in [1.54, 1.807) is 52.3 Å². The number of thiophene rings is 1. The summed E-state index contributed by atoms with van der Waals surface area (Å²) < 4.78 is 0.768. The first-order chi connectivity index (χ1) is 15.1. The molecule has 31 heavy (non-hydrogen) atoms. The number of rotatable bonds is 8. The lowest BCUT2D eigenvalue weighted by Crippen LogP contribution is -2.32. The van der Waals surface area contributed by atoms with Crippen LogP contribution in [0.25, 0.3) is 0 Å². The molecule has 3 heterocycles. The maximum atomic E-state index is 12.3. The van der Waals surface area contributed by atoms with Crippen LogP contribution in [0.3, 0.4) is 0 Å². The molecule has 8 nitrogen and oxygen atoms in total. The fourth-order valence-electron chi connectivity index (χ4n) is 2.99. The summed E-state index contributed by atoms with van der Waals surface area (Å²) >= 11 is 4.54. The highest BCUT2D eigenvalue weighted by molar-refractivity contribution is 8.00. The minimum absolute atomic E-state index is 0.0960. The lowest BCUT2D eigenvalue weighted by Gasteiger charge is -2.15. The number of hydrogen-bond donors (Lipinski definition) is 2. The van der Waals surface area contributed by atoms with E-state index >= 15 is 0 Å². The second-order valence-corrected chi connectivity index (χ2v) is 9.90. The molecule has 4 rings (SSSR count). The summed E-state index contributed by atoms with van der Waals surface area (Å²) in [5, 5.41) is 15.7. The van der Waals surface area contributed by atoms with Gasteiger partial charge in [-0.15, -0.1) is 21.5 Å².